The second kappa shape index (κ2) is 3.86. The minimum atomic E-state index is -0.664. The SMILES string of the molecule is CC(C(=O)O)C1=CC[C@@]23C[C@@H]1C(C)(C)[C@@H]2CC[C@H]3C. The van der Waals surface area contributed by atoms with E-state index in [0.29, 0.717) is 11.3 Å². The maximum Gasteiger partial charge on any atom is 0.310 e. The average molecular weight is 262 g/mol. The first-order valence-corrected chi connectivity index (χ1v) is 7.73. The molecular formula is C17H26O2. The Bertz CT molecular complexity index is 448. The lowest BCUT2D eigenvalue weighted by Gasteiger charge is -2.37. The standard InChI is InChI=1S/C17H26O2/c1-10-5-6-14-16(3,4)13-9-17(10,14)8-7-12(13)11(2)15(18)19/h7,10-11,13-14H,5-6,8-9H2,1-4H3,(H,18,19)/t10-,11?,13+,14+,17+/m1/s1. The summed E-state index contributed by atoms with van der Waals surface area (Å²) in [6.45, 7) is 9.05. The minimum Gasteiger partial charge on any atom is -0.481 e. The third-order valence-corrected chi connectivity index (χ3v) is 6.93. The largest absolute Gasteiger partial charge is 0.481 e. The smallest absolute Gasteiger partial charge is 0.310 e. The van der Waals surface area contributed by atoms with Crippen LogP contribution < -0.4 is 0 Å². The van der Waals surface area contributed by atoms with E-state index in [1.807, 2.05) is 6.92 Å². The van der Waals surface area contributed by atoms with Gasteiger partial charge in [0.05, 0.1) is 5.92 Å². The summed E-state index contributed by atoms with van der Waals surface area (Å²) in [5.74, 6) is 1.11. The zero-order valence-corrected chi connectivity index (χ0v) is 12.6. The van der Waals surface area contributed by atoms with Gasteiger partial charge in [-0.25, -0.2) is 0 Å². The number of hydrogen-bond acceptors (Lipinski definition) is 1. The molecule has 2 heteroatoms. The number of carbonyl (C=O) groups is 1. The number of aliphatic carboxylic acids is 1. The molecule has 0 saturated heterocycles. The van der Waals surface area contributed by atoms with E-state index in [0.717, 1.165) is 18.3 Å². The molecule has 0 amide bonds. The lowest BCUT2D eigenvalue weighted by Crippen LogP contribution is -2.30. The zero-order valence-electron chi connectivity index (χ0n) is 12.6. The van der Waals surface area contributed by atoms with Gasteiger partial charge in [0.15, 0.2) is 0 Å². The first kappa shape index (κ1) is 13.2. The second-order valence-corrected chi connectivity index (χ2v) is 7.81. The molecule has 0 radical (unpaired) electrons. The topological polar surface area (TPSA) is 37.3 Å². The number of hydrogen-bond donors (Lipinski definition) is 1. The van der Waals surface area contributed by atoms with E-state index in [1.54, 1.807) is 0 Å². The molecule has 106 valence electrons. The lowest BCUT2D eigenvalue weighted by atomic mass is 9.67. The number of carboxylic acids is 1. The summed E-state index contributed by atoms with van der Waals surface area (Å²) in [6, 6.07) is 0. The van der Waals surface area contributed by atoms with Gasteiger partial charge >= 0.3 is 5.97 Å². The molecule has 3 rings (SSSR count). The highest BCUT2D eigenvalue weighted by Gasteiger charge is 2.64. The van der Waals surface area contributed by atoms with Gasteiger partial charge in [-0.1, -0.05) is 32.4 Å². The van der Waals surface area contributed by atoms with Crippen molar-refractivity contribution in [3.8, 4) is 0 Å². The van der Waals surface area contributed by atoms with Crippen LogP contribution >= 0.6 is 0 Å². The molecule has 2 fully saturated rings. The van der Waals surface area contributed by atoms with Gasteiger partial charge in [0.2, 0.25) is 0 Å². The number of fused-ring (bicyclic) bond motifs is 1. The molecule has 0 aromatic carbocycles. The van der Waals surface area contributed by atoms with E-state index in [4.69, 9.17) is 0 Å². The molecule has 3 aliphatic carbocycles. The minimum absolute atomic E-state index is 0.275. The van der Waals surface area contributed by atoms with Crippen LogP contribution in [0.5, 0.6) is 0 Å². The van der Waals surface area contributed by atoms with Crippen LogP contribution in [0.15, 0.2) is 11.6 Å². The molecule has 2 nitrogen and oxygen atoms in total. The van der Waals surface area contributed by atoms with Gasteiger partial charge in [-0.15, -0.1) is 0 Å². The molecule has 3 aliphatic rings. The first-order chi connectivity index (χ1) is 8.80. The molecule has 0 aromatic rings. The lowest BCUT2D eigenvalue weighted by molar-refractivity contribution is -0.140. The van der Waals surface area contributed by atoms with Crippen molar-refractivity contribution in [1.82, 2.24) is 0 Å². The zero-order chi connectivity index (χ0) is 14.0. The molecule has 1 N–H and O–H groups in total. The molecule has 1 spiro atoms. The summed E-state index contributed by atoms with van der Waals surface area (Å²) >= 11 is 0. The van der Waals surface area contributed by atoms with Gasteiger partial charge < -0.3 is 5.11 Å². The van der Waals surface area contributed by atoms with Gasteiger partial charge in [0, 0.05) is 0 Å². The van der Waals surface area contributed by atoms with Crippen molar-refractivity contribution in [3.05, 3.63) is 11.6 Å². The molecule has 0 aromatic heterocycles. The Balaban J connectivity index is 2.02. The van der Waals surface area contributed by atoms with Crippen molar-refractivity contribution in [2.45, 2.75) is 53.4 Å². The van der Waals surface area contributed by atoms with E-state index in [2.05, 4.69) is 26.8 Å². The van der Waals surface area contributed by atoms with Gasteiger partial charge in [0.1, 0.15) is 0 Å². The van der Waals surface area contributed by atoms with Crippen LogP contribution in [-0.4, -0.2) is 11.1 Å². The summed E-state index contributed by atoms with van der Waals surface area (Å²) in [5, 5.41) is 9.34. The van der Waals surface area contributed by atoms with Gasteiger partial charge in [-0.05, 0) is 61.2 Å². The fraction of sp³-hybridized carbons (Fsp3) is 0.824. The van der Waals surface area contributed by atoms with E-state index in [9.17, 15) is 9.90 Å². The fourth-order valence-corrected chi connectivity index (χ4v) is 5.72. The molecule has 5 atom stereocenters. The average Bonchev–Trinajstić information content (AvgIpc) is 2.74. The van der Waals surface area contributed by atoms with Crippen LogP contribution in [-0.2, 0) is 4.79 Å². The van der Waals surface area contributed by atoms with Crippen LogP contribution in [0.1, 0.15) is 53.4 Å². The highest BCUT2D eigenvalue weighted by atomic mass is 16.4. The van der Waals surface area contributed by atoms with Gasteiger partial charge in [0.25, 0.3) is 0 Å². The van der Waals surface area contributed by atoms with E-state index in [-0.39, 0.29) is 11.3 Å². The summed E-state index contributed by atoms with van der Waals surface area (Å²) in [4.78, 5) is 11.4. The number of carboxylic acid groups (broad SMARTS) is 1. The van der Waals surface area contributed by atoms with Crippen LogP contribution in [0.3, 0.4) is 0 Å². The second-order valence-electron chi connectivity index (χ2n) is 7.81. The maximum atomic E-state index is 11.4. The number of rotatable bonds is 2. The monoisotopic (exact) mass is 262 g/mol. The van der Waals surface area contributed by atoms with Crippen LogP contribution in [0.2, 0.25) is 0 Å². The van der Waals surface area contributed by atoms with Crippen LogP contribution in [0.25, 0.3) is 0 Å². The maximum absolute atomic E-state index is 11.4. The first-order valence-electron chi connectivity index (χ1n) is 7.73. The Hall–Kier alpha value is -0.790. The van der Waals surface area contributed by atoms with Crippen molar-refractivity contribution >= 4 is 5.97 Å². The Labute approximate surface area is 116 Å². The third-order valence-electron chi connectivity index (χ3n) is 6.93. The van der Waals surface area contributed by atoms with Crippen molar-refractivity contribution in [2.24, 2.45) is 34.5 Å². The quantitative estimate of drug-likeness (QED) is 0.760. The summed E-state index contributed by atoms with van der Waals surface area (Å²) in [7, 11) is 0. The highest BCUT2D eigenvalue weighted by Crippen LogP contribution is 2.71. The van der Waals surface area contributed by atoms with E-state index in [1.165, 1.54) is 24.8 Å². The fourth-order valence-electron chi connectivity index (χ4n) is 5.72. The van der Waals surface area contributed by atoms with Crippen LogP contribution in [0, 0.1) is 34.5 Å². The summed E-state index contributed by atoms with van der Waals surface area (Å²) < 4.78 is 0. The Morgan fingerprint density at radius 1 is 1.42 bits per heavy atom. The Kier molecular flexibility index (Phi) is 2.69. The highest BCUT2D eigenvalue weighted by molar-refractivity contribution is 5.73. The van der Waals surface area contributed by atoms with Crippen LogP contribution in [0.4, 0.5) is 0 Å². The van der Waals surface area contributed by atoms with Crippen molar-refractivity contribution < 1.29 is 9.90 Å². The van der Waals surface area contributed by atoms with E-state index < -0.39 is 5.97 Å². The summed E-state index contributed by atoms with van der Waals surface area (Å²) in [6.07, 6.45) is 7.35. The number of allylic oxidation sites excluding steroid dienone is 1. The Morgan fingerprint density at radius 3 is 2.74 bits per heavy atom. The Morgan fingerprint density at radius 2 is 2.11 bits per heavy atom. The van der Waals surface area contributed by atoms with Gasteiger partial charge in [-0.3, -0.25) is 4.79 Å². The molecule has 1 unspecified atom stereocenters. The molecule has 19 heavy (non-hydrogen) atoms. The molecule has 2 bridgehead atoms. The summed E-state index contributed by atoms with van der Waals surface area (Å²) in [5.41, 5.74) is 1.97. The van der Waals surface area contributed by atoms with Gasteiger partial charge in [-0.2, -0.15) is 0 Å². The molecule has 2 saturated carbocycles. The molecule has 0 aliphatic heterocycles. The van der Waals surface area contributed by atoms with Crippen molar-refractivity contribution in [1.29, 1.82) is 0 Å². The third kappa shape index (κ3) is 1.52. The molecular weight excluding hydrogens is 236 g/mol. The molecule has 0 heterocycles. The van der Waals surface area contributed by atoms with Crippen molar-refractivity contribution in [2.75, 3.05) is 0 Å². The predicted octanol–water partition coefficient (Wildman–Crippen LogP) is 4.12. The predicted molar refractivity (Wildman–Crippen MR) is 75.7 cm³/mol. The van der Waals surface area contributed by atoms with Crippen molar-refractivity contribution in [3.63, 3.8) is 0 Å². The van der Waals surface area contributed by atoms with E-state index >= 15 is 0 Å². The normalized spacial score (nSPS) is 44.6.